The van der Waals surface area contributed by atoms with Crippen LogP contribution in [0.25, 0.3) is 129 Å². The van der Waals surface area contributed by atoms with E-state index in [2.05, 4.69) is 215 Å². The van der Waals surface area contributed by atoms with E-state index in [1.165, 1.54) is 0 Å². The fourth-order valence-electron chi connectivity index (χ4n) is 11.6. The molecule has 15 heteroatoms. The fourth-order valence-corrected chi connectivity index (χ4v) is 11.6. The number of benzene rings is 9. The van der Waals surface area contributed by atoms with E-state index in [-0.39, 0.29) is 0 Å². The Balaban J connectivity index is 0.000000166. The Hall–Kier alpha value is -12.8. The highest BCUT2D eigenvalue weighted by molar-refractivity contribution is 6.11. The normalized spacial score (nSPS) is 11.3. The van der Waals surface area contributed by atoms with Crippen molar-refractivity contribution in [2.75, 3.05) is 0 Å². The molecule has 90 heavy (non-hydrogen) atoms. The van der Waals surface area contributed by atoms with Crippen molar-refractivity contribution in [2.45, 2.75) is 0 Å². The molecular weight excluding hydrogens is 1110 g/mol. The average Bonchev–Trinajstić information content (AvgIpc) is 1.66. The van der Waals surface area contributed by atoms with Crippen LogP contribution in [0.4, 0.5) is 0 Å². The highest BCUT2D eigenvalue weighted by Crippen LogP contribution is 2.40. The second kappa shape index (κ2) is 22.9. The number of hydrogen-bond donors (Lipinski definition) is 0. The van der Waals surface area contributed by atoms with Crippen LogP contribution in [0, 0.1) is 0 Å². The van der Waals surface area contributed by atoms with E-state index in [9.17, 15) is 0 Å². The zero-order valence-corrected chi connectivity index (χ0v) is 48.2. The van der Waals surface area contributed by atoms with E-state index in [0.29, 0.717) is 0 Å². The minimum absolute atomic E-state index is 0.732. The highest BCUT2D eigenvalue weighted by Gasteiger charge is 2.23. The summed E-state index contributed by atoms with van der Waals surface area (Å²) in [5.74, 6) is 0. The topological polar surface area (TPSA) is 138 Å². The Kier molecular flexibility index (Phi) is 13.4. The van der Waals surface area contributed by atoms with Gasteiger partial charge in [-0.15, -0.1) is 0 Å². The molecule has 0 bridgehead atoms. The zero-order chi connectivity index (χ0) is 59.7. The fraction of sp³-hybridized carbons (Fsp3) is 0. The third-order valence-electron chi connectivity index (χ3n) is 15.9. The van der Waals surface area contributed by atoms with Crippen LogP contribution in [-0.2, 0) is 0 Å². The lowest BCUT2D eigenvalue weighted by atomic mass is 10.0. The number of nitrogens with zero attached hydrogens (tertiary/aromatic N) is 14. The molecule has 8 aromatic heterocycles. The molecule has 15 nitrogen and oxygen atoms in total. The predicted molar refractivity (Wildman–Crippen MR) is 353 cm³/mol. The van der Waals surface area contributed by atoms with E-state index < -0.39 is 0 Å². The summed E-state index contributed by atoms with van der Waals surface area (Å²) in [6, 6.07) is 84.7. The number of hydrogen-bond acceptors (Lipinski definition) is 8. The van der Waals surface area contributed by atoms with Crippen LogP contribution in [-0.4, -0.2) is 68.5 Å². The van der Waals surface area contributed by atoms with Crippen LogP contribution in [0.2, 0.25) is 0 Å². The molecule has 0 spiro atoms. The quantitative estimate of drug-likeness (QED) is 0.111. The van der Waals surface area contributed by atoms with Gasteiger partial charge in [0.15, 0.2) is 11.2 Å². The Morgan fingerprint density at radius 1 is 0.244 bits per heavy atom. The van der Waals surface area contributed by atoms with E-state index in [0.717, 1.165) is 129 Å². The van der Waals surface area contributed by atoms with Gasteiger partial charge < -0.3 is 4.42 Å². The molecule has 0 amide bonds. The molecule has 9 aromatic carbocycles. The number of furan rings is 1. The first-order chi connectivity index (χ1) is 44.6. The zero-order valence-electron chi connectivity index (χ0n) is 48.2. The Morgan fingerprint density at radius 3 is 0.789 bits per heavy atom. The first-order valence-electron chi connectivity index (χ1n) is 29.4. The van der Waals surface area contributed by atoms with Gasteiger partial charge in [-0.25, -0.2) is 32.8 Å². The van der Waals surface area contributed by atoms with Crippen LogP contribution in [0.5, 0.6) is 0 Å². The number of aromatic nitrogens is 14. The van der Waals surface area contributed by atoms with E-state index >= 15 is 0 Å². The van der Waals surface area contributed by atoms with E-state index in [1.807, 2.05) is 121 Å². The number of fused-ring (bicyclic) bond motifs is 3. The molecule has 0 aliphatic heterocycles. The predicted octanol–water partition coefficient (Wildman–Crippen LogP) is 16.6. The van der Waals surface area contributed by atoms with E-state index in [1.54, 1.807) is 34.2 Å². The molecule has 0 aliphatic carbocycles. The third-order valence-corrected chi connectivity index (χ3v) is 15.9. The first-order valence-corrected chi connectivity index (χ1v) is 29.4. The van der Waals surface area contributed by atoms with Crippen molar-refractivity contribution >= 4 is 21.9 Å². The summed E-state index contributed by atoms with van der Waals surface area (Å²) < 4.78 is 19.7. The van der Waals surface area contributed by atoms with Crippen molar-refractivity contribution in [2.24, 2.45) is 0 Å². The van der Waals surface area contributed by atoms with Crippen LogP contribution >= 0.6 is 0 Å². The van der Waals surface area contributed by atoms with Gasteiger partial charge in [-0.2, -0.15) is 35.7 Å². The van der Waals surface area contributed by atoms with Gasteiger partial charge in [-0.3, -0.25) is 0 Å². The average molecular weight is 1170 g/mol. The van der Waals surface area contributed by atoms with Gasteiger partial charge in [0, 0.05) is 112 Å². The molecule has 17 rings (SSSR count). The minimum Gasteiger partial charge on any atom is -0.451 e. The van der Waals surface area contributed by atoms with Crippen molar-refractivity contribution in [3.05, 3.63) is 317 Å². The molecule has 8 heterocycles. The summed E-state index contributed by atoms with van der Waals surface area (Å²) in [6.45, 7) is 0. The molecule has 0 unspecified atom stereocenters. The lowest BCUT2D eigenvalue weighted by Gasteiger charge is -2.11. The standard InChI is InChI=1S/C51H36N6.C24H16N8O/c1-7-19-37(20-8-1)46-34-55(52-49(46)40-25-13-4-14-26-40)43-31-44(56-35-47(38-21-9-2-10-22-38)50(53-56)41-27-15-5-16-28-41)33-45(32-43)57-36-48(39-23-11-3-12-24-39)51(54-57)42-29-17-6-18-30-42;1-5-25-29(9-1)17-13-19-20-14-18(30-10-2-6-26-30)16-22(32-12-4-8-28-32)24(20)33-23(19)21(15-17)31-11-3-7-27-31/h1-36H;1-16H. The lowest BCUT2D eigenvalue weighted by molar-refractivity contribution is 0.655. The van der Waals surface area contributed by atoms with Gasteiger partial charge in [0.05, 0.1) is 28.4 Å². The maximum atomic E-state index is 6.53. The molecule has 0 aliphatic rings. The number of rotatable bonds is 13. The minimum atomic E-state index is 0.732. The van der Waals surface area contributed by atoms with Crippen LogP contribution in [0.3, 0.4) is 0 Å². The summed E-state index contributed by atoms with van der Waals surface area (Å²) in [4.78, 5) is 0. The summed E-state index contributed by atoms with van der Waals surface area (Å²) in [6.07, 6.45) is 21.0. The van der Waals surface area contributed by atoms with Gasteiger partial charge in [-0.05, 0) is 83.4 Å². The lowest BCUT2D eigenvalue weighted by Crippen LogP contribution is -2.04. The molecule has 0 N–H and O–H groups in total. The highest BCUT2D eigenvalue weighted by atomic mass is 16.3. The monoisotopic (exact) mass is 1160 g/mol. The van der Waals surface area contributed by atoms with Gasteiger partial charge in [0.2, 0.25) is 0 Å². The summed E-state index contributed by atoms with van der Waals surface area (Å²) in [5.41, 5.74) is 19.8. The summed E-state index contributed by atoms with van der Waals surface area (Å²) in [7, 11) is 0. The van der Waals surface area contributed by atoms with Crippen molar-refractivity contribution in [1.82, 2.24) is 68.5 Å². The molecule has 0 radical (unpaired) electrons. The Morgan fingerprint density at radius 2 is 0.511 bits per heavy atom. The Bertz CT molecular complexity index is 4620. The maximum absolute atomic E-state index is 6.53. The second-order valence-corrected chi connectivity index (χ2v) is 21.5. The second-order valence-electron chi connectivity index (χ2n) is 21.5. The van der Waals surface area contributed by atoms with Crippen molar-refractivity contribution in [3.8, 4) is 107 Å². The van der Waals surface area contributed by atoms with Crippen molar-refractivity contribution in [3.63, 3.8) is 0 Å². The molecule has 0 fully saturated rings. The maximum Gasteiger partial charge on any atom is 0.161 e. The van der Waals surface area contributed by atoms with Crippen LogP contribution in [0.15, 0.2) is 321 Å². The SMILES string of the molecule is c1ccc(-c2cn(-c3cc(-n4cc(-c5ccccc5)c(-c5ccccc5)n4)cc(-n4cc(-c5ccccc5)c(-c5ccccc5)n4)c3)nc2-c2ccccc2)cc1.c1cnn(-c2cc(-n3cccn3)c3oc4c(-n5cccn5)cc(-n5cccn5)cc4c3c2)c1. The van der Waals surface area contributed by atoms with Crippen LogP contribution < -0.4 is 0 Å². The van der Waals surface area contributed by atoms with Gasteiger partial charge in [0.25, 0.3) is 0 Å². The first kappa shape index (κ1) is 52.8. The smallest absolute Gasteiger partial charge is 0.161 e. The molecule has 17 aromatic rings. The molecule has 428 valence electrons. The van der Waals surface area contributed by atoms with Gasteiger partial charge >= 0.3 is 0 Å². The van der Waals surface area contributed by atoms with Crippen molar-refractivity contribution in [1.29, 1.82) is 0 Å². The summed E-state index contributed by atoms with van der Waals surface area (Å²) in [5, 5.41) is 35.5. The van der Waals surface area contributed by atoms with Crippen LogP contribution in [0.1, 0.15) is 0 Å². The van der Waals surface area contributed by atoms with Crippen molar-refractivity contribution < 1.29 is 4.42 Å². The largest absolute Gasteiger partial charge is 0.451 e. The molecular formula is C75H52N14O. The van der Waals surface area contributed by atoms with Gasteiger partial charge in [-0.1, -0.05) is 182 Å². The molecule has 0 saturated carbocycles. The van der Waals surface area contributed by atoms with E-state index in [4.69, 9.17) is 19.7 Å². The third kappa shape index (κ3) is 10.0. The Labute approximate surface area is 516 Å². The molecule has 0 saturated heterocycles. The van der Waals surface area contributed by atoms with Gasteiger partial charge in [0.1, 0.15) is 28.5 Å². The molecule has 0 atom stereocenters. The summed E-state index contributed by atoms with van der Waals surface area (Å²) >= 11 is 0.